The van der Waals surface area contributed by atoms with Gasteiger partial charge in [0.1, 0.15) is 5.82 Å². The van der Waals surface area contributed by atoms with Crippen molar-refractivity contribution in [3.05, 3.63) is 60.3 Å². The minimum Gasteiger partial charge on any atom is -0.301 e. The van der Waals surface area contributed by atoms with Crippen molar-refractivity contribution >= 4 is 24.1 Å². The van der Waals surface area contributed by atoms with Gasteiger partial charge in [0.25, 0.3) is 5.91 Å². The van der Waals surface area contributed by atoms with Crippen molar-refractivity contribution in [2.45, 2.75) is 18.9 Å². The van der Waals surface area contributed by atoms with Gasteiger partial charge in [0.15, 0.2) is 0 Å². The lowest BCUT2D eigenvalue weighted by Crippen LogP contribution is -2.59. The Hall–Kier alpha value is -1.91. The van der Waals surface area contributed by atoms with E-state index in [9.17, 15) is 4.79 Å². The molecule has 1 amide bonds. The van der Waals surface area contributed by atoms with Crippen LogP contribution in [0.1, 0.15) is 23.2 Å². The Morgan fingerprint density at radius 1 is 1.04 bits per heavy atom. The lowest BCUT2D eigenvalue weighted by molar-refractivity contribution is 0.0731. The first-order chi connectivity index (χ1) is 11.3. The molecule has 3 aliphatic rings. The predicted molar refractivity (Wildman–Crippen MR) is 97.7 cm³/mol. The molecule has 2 aromatic rings. The van der Waals surface area contributed by atoms with Crippen LogP contribution in [0.15, 0.2) is 54.7 Å². The highest BCUT2D eigenvalue weighted by Crippen LogP contribution is 2.33. The molecule has 5 heteroatoms. The van der Waals surface area contributed by atoms with E-state index in [4.69, 9.17) is 0 Å². The van der Waals surface area contributed by atoms with E-state index < -0.39 is 0 Å². The summed E-state index contributed by atoms with van der Waals surface area (Å²) in [5, 5.41) is 0. The molecular formula is C19H22ClN3O. The third-order valence-electron chi connectivity index (χ3n) is 5.09. The maximum absolute atomic E-state index is 13.2. The summed E-state index contributed by atoms with van der Waals surface area (Å²) in [6.07, 6.45) is 4.12. The van der Waals surface area contributed by atoms with Crippen molar-refractivity contribution in [2.75, 3.05) is 24.5 Å². The van der Waals surface area contributed by atoms with Crippen LogP contribution < -0.4 is 4.90 Å². The molecule has 0 spiro atoms. The maximum Gasteiger partial charge on any atom is 0.259 e. The summed E-state index contributed by atoms with van der Waals surface area (Å²) < 4.78 is 0. The van der Waals surface area contributed by atoms with E-state index in [1.54, 1.807) is 6.20 Å². The number of fused-ring (bicyclic) bond motifs is 3. The molecule has 0 radical (unpaired) electrons. The van der Waals surface area contributed by atoms with Crippen LogP contribution in [0.5, 0.6) is 0 Å². The number of piperidine rings is 3. The number of benzene rings is 1. The zero-order chi connectivity index (χ0) is 15.6. The van der Waals surface area contributed by atoms with Crippen LogP contribution in [0.3, 0.4) is 0 Å². The molecule has 3 aliphatic heterocycles. The summed E-state index contributed by atoms with van der Waals surface area (Å²) >= 11 is 0. The van der Waals surface area contributed by atoms with Crippen molar-refractivity contribution in [3.8, 4) is 0 Å². The molecule has 1 aromatic carbocycles. The van der Waals surface area contributed by atoms with E-state index in [1.165, 1.54) is 12.8 Å². The summed E-state index contributed by atoms with van der Waals surface area (Å²) in [7, 11) is 0. The molecule has 3 fully saturated rings. The molecule has 1 atom stereocenters. The third kappa shape index (κ3) is 3.17. The van der Waals surface area contributed by atoms with Gasteiger partial charge in [-0.2, -0.15) is 0 Å². The number of nitrogens with zero attached hydrogens (tertiary/aromatic N) is 3. The number of halogens is 1. The first-order valence-corrected chi connectivity index (χ1v) is 8.35. The molecule has 1 unspecified atom stereocenters. The average Bonchev–Trinajstić information content (AvgIpc) is 2.64. The van der Waals surface area contributed by atoms with Crippen molar-refractivity contribution in [1.29, 1.82) is 0 Å². The zero-order valence-electron chi connectivity index (χ0n) is 13.5. The summed E-state index contributed by atoms with van der Waals surface area (Å²) in [6.45, 7) is 3.29. The number of pyridine rings is 1. The minimum absolute atomic E-state index is 0. The predicted octanol–water partition coefficient (Wildman–Crippen LogP) is 3.24. The highest BCUT2D eigenvalue weighted by molar-refractivity contribution is 6.06. The van der Waals surface area contributed by atoms with Crippen LogP contribution in [0.2, 0.25) is 0 Å². The van der Waals surface area contributed by atoms with Gasteiger partial charge in [0, 0.05) is 18.3 Å². The Balaban J connectivity index is 0.00000169. The maximum atomic E-state index is 13.2. The second-order valence-corrected chi connectivity index (χ2v) is 6.43. The second kappa shape index (κ2) is 7.32. The summed E-state index contributed by atoms with van der Waals surface area (Å²) in [4.78, 5) is 22.1. The largest absolute Gasteiger partial charge is 0.301 e. The van der Waals surface area contributed by atoms with Gasteiger partial charge in [0.2, 0.25) is 0 Å². The van der Waals surface area contributed by atoms with Crippen molar-refractivity contribution in [2.24, 2.45) is 5.92 Å². The van der Waals surface area contributed by atoms with Crippen LogP contribution in [0, 0.1) is 5.92 Å². The molecule has 1 aromatic heterocycles. The number of anilines is 1. The highest BCUT2D eigenvalue weighted by atomic mass is 35.5. The quantitative estimate of drug-likeness (QED) is 0.858. The van der Waals surface area contributed by atoms with Crippen molar-refractivity contribution < 1.29 is 4.79 Å². The molecule has 0 saturated carbocycles. The fourth-order valence-electron chi connectivity index (χ4n) is 3.87. The molecule has 0 aliphatic carbocycles. The van der Waals surface area contributed by atoms with E-state index >= 15 is 0 Å². The van der Waals surface area contributed by atoms with Crippen LogP contribution >= 0.6 is 12.4 Å². The molecule has 5 rings (SSSR count). The lowest BCUT2D eigenvalue weighted by Gasteiger charge is -2.48. The Morgan fingerprint density at radius 2 is 1.75 bits per heavy atom. The Bertz CT molecular complexity index is 672. The first-order valence-electron chi connectivity index (χ1n) is 8.35. The van der Waals surface area contributed by atoms with Crippen molar-refractivity contribution in [1.82, 2.24) is 9.88 Å². The van der Waals surface area contributed by atoms with Gasteiger partial charge < -0.3 is 4.90 Å². The van der Waals surface area contributed by atoms with Gasteiger partial charge in [-0.25, -0.2) is 4.98 Å². The van der Waals surface area contributed by atoms with E-state index in [0.29, 0.717) is 5.92 Å². The smallest absolute Gasteiger partial charge is 0.259 e. The standard InChI is InChI=1S/C19H21N3O.ClH/c23-19(16-6-2-1-3-7-16)22(18-8-4-5-11-20-18)17-14-21-12-9-15(17)10-13-21;/h1-8,11,15,17H,9-10,12-14H2;1H. The van der Waals surface area contributed by atoms with Gasteiger partial charge in [-0.1, -0.05) is 24.3 Å². The van der Waals surface area contributed by atoms with Crippen LogP contribution in [-0.2, 0) is 0 Å². The van der Waals surface area contributed by atoms with E-state index in [0.717, 1.165) is 31.0 Å². The molecule has 24 heavy (non-hydrogen) atoms. The van der Waals surface area contributed by atoms with E-state index in [-0.39, 0.29) is 24.4 Å². The molecule has 0 N–H and O–H groups in total. The van der Waals surface area contributed by atoms with Gasteiger partial charge in [-0.05, 0) is 56.1 Å². The zero-order valence-corrected chi connectivity index (χ0v) is 14.4. The van der Waals surface area contributed by atoms with Crippen LogP contribution in [0.4, 0.5) is 5.82 Å². The molecule has 3 saturated heterocycles. The van der Waals surface area contributed by atoms with Crippen molar-refractivity contribution in [3.63, 3.8) is 0 Å². The lowest BCUT2D eigenvalue weighted by atomic mass is 9.83. The van der Waals surface area contributed by atoms with Crippen LogP contribution in [-0.4, -0.2) is 41.5 Å². The van der Waals surface area contributed by atoms with Gasteiger partial charge in [0.05, 0.1) is 6.04 Å². The van der Waals surface area contributed by atoms with E-state index in [1.807, 2.05) is 53.4 Å². The molecule has 2 bridgehead atoms. The first kappa shape index (κ1) is 16.9. The Morgan fingerprint density at radius 3 is 2.33 bits per heavy atom. The summed E-state index contributed by atoms with van der Waals surface area (Å²) in [6, 6.07) is 15.6. The number of rotatable bonds is 3. The number of hydrogen-bond donors (Lipinski definition) is 0. The third-order valence-corrected chi connectivity index (χ3v) is 5.09. The number of carbonyl (C=O) groups excluding carboxylic acids is 1. The van der Waals surface area contributed by atoms with Gasteiger partial charge in [-0.3, -0.25) is 9.69 Å². The number of hydrogen-bond acceptors (Lipinski definition) is 3. The number of aromatic nitrogens is 1. The number of carbonyl (C=O) groups is 1. The topological polar surface area (TPSA) is 36.4 Å². The monoisotopic (exact) mass is 343 g/mol. The fourth-order valence-corrected chi connectivity index (χ4v) is 3.87. The summed E-state index contributed by atoms with van der Waals surface area (Å²) in [5.41, 5.74) is 0.731. The molecule has 4 nitrogen and oxygen atoms in total. The minimum atomic E-state index is 0. The van der Waals surface area contributed by atoms with Gasteiger partial charge in [-0.15, -0.1) is 12.4 Å². The summed E-state index contributed by atoms with van der Waals surface area (Å²) in [5.74, 6) is 1.40. The Labute approximate surface area is 148 Å². The van der Waals surface area contributed by atoms with Crippen LogP contribution in [0.25, 0.3) is 0 Å². The average molecular weight is 344 g/mol. The molecular weight excluding hydrogens is 322 g/mol. The van der Waals surface area contributed by atoms with Gasteiger partial charge >= 0.3 is 0 Å². The number of amides is 1. The fraction of sp³-hybridized carbons (Fsp3) is 0.368. The van der Waals surface area contributed by atoms with E-state index in [2.05, 4.69) is 9.88 Å². The SMILES string of the molecule is Cl.O=C(c1ccccc1)N(c1ccccn1)C1CN2CCC1CC2. The second-order valence-electron chi connectivity index (χ2n) is 6.43. The Kier molecular flexibility index (Phi) is 5.17. The molecule has 126 valence electrons. The molecule has 4 heterocycles. The highest BCUT2D eigenvalue weighted by Gasteiger charge is 2.40. The normalized spacial score (nSPS) is 24.9.